The zero-order chi connectivity index (χ0) is 27.8. The number of nitrogens with zero attached hydrogens (tertiary/aromatic N) is 4. The Morgan fingerprint density at radius 2 is 1.52 bits per heavy atom. The topological polar surface area (TPSA) is 55.2 Å². The van der Waals surface area contributed by atoms with Gasteiger partial charge in [0.25, 0.3) is 0 Å². The van der Waals surface area contributed by atoms with Gasteiger partial charge in [-0.1, -0.05) is 30.3 Å². The number of pyridine rings is 2. The fourth-order valence-corrected chi connectivity index (χ4v) is 5.89. The number of thiocarbonyl (C=S) groups is 1. The average molecular weight is 546 g/mol. The summed E-state index contributed by atoms with van der Waals surface area (Å²) in [5.74, 6) is 2.56. The number of aromatic nitrogens is 3. The van der Waals surface area contributed by atoms with Gasteiger partial charge in [0.05, 0.1) is 17.8 Å². The van der Waals surface area contributed by atoms with E-state index in [-0.39, 0.29) is 12.1 Å². The van der Waals surface area contributed by atoms with Crippen LogP contribution in [-0.4, -0.2) is 19.6 Å². The summed E-state index contributed by atoms with van der Waals surface area (Å²) in [7, 11) is 0. The Kier molecular flexibility index (Phi) is 6.82. The van der Waals surface area contributed by atoms with Gasteiger partial charge in [0, 0.05) is 29.5 Å². The number of benzene rings is 2. The van der Waals surface area contributed by atoms with Crippen molar-refractivity contribution in [2.75, 3.05) is 4.90 Å². The Balaban J connectivity index is 1.42. The van der Waals surface area contributed by atoms with Crippen molar-refractivity contribution in [3.63, 3.8) is 0 Å². The number of rotatable bonds is 6. The fraction of sp³-hybridized carbons (Fsp3) is 0.182. The third-order valence-corrected chi connectivity index (χ3v) is 7.83. The third kappa shape index (κ3) is 4.62. The van der Waals surface area contributed by atoms with Gasteiger partial charge in [-0.3, -0.25) is 4.98 Å². The van der Waals surface area contributed by atoms with E-state index in [1.165, 1.54) is 5.56 Å². The van der Waals surface area contributed by atoms with E-state index in [0.29, 0.717) is 5.11 Å². The molecule has 1 aliphatic heterocycles. The van der Waals surface area contributed by atoms with Crippen LogP contribution < -0.4 is 15.0 Å². The summed E-state index contributed by atoms with van der Waals surface area (Å²) in [4.78, 5) is 11.6. The second-order valence-corrected chi connectivity index (χ2v) is 10.6. The normalized spacial score (nSPS) is 16.7. The van der Waals surface area contributed by atoms with Gasteiger partial charge >= 0.3 is 0 Å². The molecule has 1 fully saturated rings. The lowest BCUT2D eigenvalue weighted by atomic mass is 9.96. The van der Waals surface area contributed by atoms with Gasteiger partial charge in [-0.05, 0) is 111 Å². The lowest BCUT2D eigenvalue weighted by Gasteiger charge is -2.28. The average Bonchev–Trinajstić information content (AvgIpc) is 3.46. The van der Waals surface area contributed by atoms with E-state index < -0.39 is 0 Å². The van der Waals surface area contributed by atoms with Crippen molar-refractivity contribution in [3.8, 4) is 17.3 Å². The second-order valence-electron chi connectivity index (χ2n) is 10.2. The molecule has 200 valence electrons. The molecule has 2 atom stereocenters. The maximum absolute atomic E-state index is 6.17. The first-order valence-corrected chi connectivity index (χ1v) is 13.8. The van der Waals surface area contributed by atoms with Gasteiger partial charge in [0.2, 0.25) is 0 Å². The van der Waals surface area contributed by atoms with E-state index in [1.54, 1.807) is 0 Å². The van der Waals surface area contributed by atoms with Crippen molar-refractivity contribution in [1.29, 1.82) is 0 Å². The highest BCUT2D eigenvalue weighted by atomic mass is 32.1. The molecule has 0 unspecified atom stereocenters. The summed E-state index contributed by atoms with van der Waals surface area (Å²) < 4.78 is 8.40. The molecule has 1 aliphatic rings. The molecule has 40 heavy (non-hydrogen) atoms. The van der Waals surface area contributed by atoms with Crippen LogP contribution in [0.4, 0.5) is 5.69 Å². The Morgan fingerprint density at radius 1 is 0.800 bits per heavy atom. The Hall–Kier alpha value is -4.49. The number of anilines is 1. The second kappa shape index (κ2) is 10.6. The standard InChI is InChI=1S/C33H31N5OS/c1-21-10-5-6-13-29(21)39-26-16-14-25(15-17-26)38-31(30(36-33(38)40)28-12-7-8-18-34-28)27-20-23(3)37(24(27)4)32-22(2)11-9-19-35-32/h5-20,30-31H,1-4H3,(H,36,40)/t30-,31+/m1/s1. The molecule has 4 heterocycles. The number of hydrogen-bond donors (Lipinski definition) is 1. The van der Waals surface area contributed by atoms with Crippen LogP contribution in [0.15, 0.2) is 97.3 Å². The minimum atomic E-state index is -0.129. The molecular weight excluding hydrogens is 514 g/mol. The van der Waals surface area contributed by atoms with Crippen molar-refractivity contribution in [3.05, 3.63) is 131 Å². The number of ether oxygens (including phenoxy) is 1. The summed E-state index contributed by atoms with van der Waals surface area (Å²) in [6, 6.07) is 28.2. The lowest BCUT2D eigenvalue weighted by molar-refractivity contribution is 0.479. The molecule has 0 amide bonds. The van der Waals surface area contributed by atoms with Gasteiger partial charge in [0.15, 0.2) is 5.11 Å². The molecule has 7 heteroatoms. The number of hydrogen-bond acceptors (Lipinski definition) is 4. The largest absolute Gasteiger partial charge is 0.457 e. The minimum absolute atomic E-state index is 0.116. The molecule has 0 saturated carbocycles. The van der Waals surface area contributed by atoms with E-state index in [9.17, 15) is 0 Å². The van der Waals surface area contributed by atoms with E-state index in [1.807, 2.05) is 73.9 Å². The molecule has 3 aromatic heterocycles. The van der Waals surface area contributed by atoms with Gasteiger partial charge in [0.1, 0.15) is 17.3 Å². The first-order chi connectivity index (χ1) is 19.4. The van der Waals surface area contributed by atoms with Crippen molar-refractivity contribution in [1.82, 2.24) is 19.9 Å². The summed E-state index contributed by atoms with van der Waals surface area (Å²) in [6.45, 7) is 8.42. The van der Waals surface area contributed by atoms with Crippen LogP contribution in [0.3, 0.4) is 0 Å². The summed E-state index contributed by atoms with van der Waals surface area (Å²) in [5.41, 5.74) is 7.56. The molecular formula is C33H31N5OS. The van der Waals surface area contributed by atoms with Crippen LogP contribution in [0.25, 0.3) is 5.82 Å². The van der Waals surface area contributed by atoms with Gasteiger partial charge < -0.3 is 19.5 Å². The van der Waals surface area contributed by atoms with E-state index in [4.69, 9.17) is 26.9 Å². The maximum Gasteiger partial charge on any atom is 0.174 e. The molecule has 0 spiro atoms. The smallest absolute Gasteiger partial charge is 0.174 e. The van der Waals surface area contributed by atoms with Gasteiger partial charge in [-0.2, -0.15) is 0 Å². The molecule has 6 nitrogen and oxygen atoms in total. The maximum atomic E-state index is 6.17. The van der Waals surface area contributed by atoms with Gasteiger partial charge in [-0.25, -0.2) is 4.98 Å². The first-order valence-electron chi connectivity index (χ1n) is 13.4. The Bertz CT molecular complexity index is 1680. The molecule has 0 bridgehead atoms. The van der Waals surface area contributed by atoms with E-state index >= 15 is 0 Å². The number of para-hydroxylation sites is 1. The minimum Gasteiger partial charge on any atom is -0.457 e. The third-order valence-electron chi connectivity index (χ3n) is 7.52. The van der Waals surface area contributed by atoms with Crippen LogP contribution in [0.2, 0.25) is 0 Å². The predicted octanol–water partition coefficient (Wildman–Crippen LogP) is 7.47. The van der Waals surface area contributed by atoms with E-state index in [2.05, 4.69) is 65.9 Å². The van der Waals surface area contributed by atoms with Crippen LogP contribution in [0, 0.1) is 27.7 Å². The summed E-state index contributed by atoms with van der Waals surface area (Å²) >= 11 is 5.97. The molecule has 6 rings (SSSR count). The van der Waals surface area contributed by atoms with Crippen LogP contribution in [-0.2, 0) is 0 Å². The quantitative estimate of drug-likeness (QED) is 0.223. The van der Waals surface area contributed by atoms with Crippen molar-refractivity contribution >= 4 is 23.0 Å². The van der Waals surface area contributed by atoms with Crippen LogP contribution in [0.1, 0.15) is 45.9 Å². The zero-order valence-corrected chi connectivity index (χ0v) is 23.8. The monoisotopic (exact) mass is 545 g/mol. The molecule has 0 radical (unpaired) electrons. The summed E-state index contributed by atoms with van der Waals surface area (Å²) in [5, 5.41) is 4.23. The zero-order valence-electron chi connectivity index (χ0n) is 23.0. The molecule has 1 N–H and O–H groups in total. The van der Waals surface area contributed by atoms with Crippen LogP contribution >= 0.6 is 12.2 Å². The molecule has 1 saturated heterocycles. The lowest BCUT2D eigenvalue weighted by Crippen LogP contribution is -2.29. The summed E-state index contributed by atoms with van der Waals surface area (Å²) in [6.07, 6.45) is 3.68. The fourth-order valence-electron chi connectivity index (χ4n) is 5.55. The van der Waals surface area contributed by atoms with Crippen LogP contribution in [0.5, 0.6) is 11.5 Å². The number of aryl methyl sites for hydroxylation is 3. The predicted molar refractivity (Wildman–Crippen MR) is 163 cm³/mol. The highest BCUT2D eigenvalue weighted by Crippen LogP contribution is 2.44. The highest BCUT2D eigenvalue weighted by Gasteiger charge is 2.42. The highest BCUT2D eigenvalue weighted by molar-refractivity contribution is 7.80. The molecule has 5 aromatic rings. The SMILES string of the molecule is Cc1ccccc1Oc1ccc(N2C(=S)N[C@H](c3ccccn3)[C@@H]2c2cc(C)n(-c3ncccc3C)c2C)cc1. The van der Waals surface area contributed by atoms with E-state index in [0.717, 1.165) is 51.2 Å². The Labute approximate surface area is 240 Å². The van der Waals surface area contributed by atoms with Crippen molar-refractivity contribution < 1.29 is 4.74 Å². The van der Waals surface area contributed by atoms with Crippen molar-refractivity contribution in [2.24, 2.45) is 0 Å². The van der Waals surface area contributed by atoms with Gasteiger partial charge in [-0.15, -0.1) is 0 Å². The first kappa shape index (κ1) is 25.8. The number of nitrogens with one attached hydrogen (secondary N) is 1. The molecule has 2 aromatic carbocycles. The molecule has 0 aliphatic carbocycles. The Morgan fingerprint density at radius 3 is 2.25 bits per heavy atom. The van der Waals surface area contributed by atoms with Crippen molar-refractivity contribution in [2.45, 2.75) is 39.8 Å².